The molecule has 4 rings (SSSR count). The van der Waals surface area contributed by atoms with E-state index in [0.29, 0.717) is 24.5 Å². The molecule has 3 nitrogen and oxygen atoms in total. The van der Waals surface area contributed by atoms with Crippen molar-refractivity contribution < 1.29 is 4.79 Å². The van der Waals surface area contributed by atoms with E-state index in [1.54, 1.807) is 0 Å². The number of carbonyl (C=O) groups is 1. The number of hydrogen-bond acceptors (Lipinski definition) is 2. The van der Waals surface area contributed by atoms with Crippen molar-refractivity contribution in [3.63, 3.8) is 0 Å². The Balaban J connectivity index is 1.47. The lowest BCUT2D eigenvalue weighted by Crippen LogP contribution is -2.45. The molecule has 1 atom stereocenters. The van der Waals surface area contributed by atoms with Gasteiger partial charge < -0.3 is 4.90 Å². The molecule has 0 aromatic heterocycles. The number of nitrogens with zero attached hydrogens (tertiary/aromatic N) is 2. The summed E-state index contributed by atoms with van der Waals surface area (Å²) < 4.78 is 0. The van der Waals surface area contributed by atoms with Gasteiger partial charge in [-0.05, 0) is 56.6 Å². The minimum absolute atomic E-state index is 0.291. The van der Waals surface area contributed by atoms with Crippen LogP contribution in [0.3, 0.4) is 0 Å². The van der Waals surface area contributed by atoms with Gasteiger partial charge in [-0.15, -0.1) is 0 Å². The monoisotopic (exact) mass is 284 g/mol. The van der Waals surface area contributed by atoms with E-state index >= 15 is 0 Å². The summed E-state index contributed by atoms with van der Waals surface area (Å²) in [7, 11) is 0. The molecule has 0 saturated heterocycles. The number of para-hydroxylation sites is 1. The molecule has 1 amide bonds. The first-order valence-electron chi connectivity index (χ1n) is 8.38. The Kier molecular flexibility index (Phi) is 3.26. The fourth-order valence-electron chi connectivity index (χ4n) is 3.70. The van der Waals surface area contributed by atoms with E-state index in [2.05, 4.69) is 30.0 Å². The van der Waals surface area contributed by atoms with Crippen LogP contribution in [0.2, 0.25) is 0 Å². The van der Waals surface area contributed by atoms with Gasteiger partial charge in [0.05, 0.1) is 6.54 Å². The zero-order chi connectivity index (χ0) is 14.4. The lowest BCUT2D eigenvalue weighted by molar-refractivity contribution is -0.120. The van der Waals surface area contributed by atoms with Crippen molar-refractivity contribution in [3.05, 3.63) is 29.8 Å². The summed E-state index contributed by atoms with van der Waals surface area (Å²) in [5.74, 6) is 1.13. The number of amides is 1. The van der Waals surface area contributed by atoms with Gasteiger partial charge in [-0.25, -0.2) is 0 Å². The number of carbonyl (C=O) groups excluding carboxylic acids is 1. The normalized spacial score (nSPS) is 22.5. The van der Waals surface area contributed by atoms with Gasteiger partial charge in [0.2, 0.25) is 5.91 Å². The lowest BCUT2D eigenvalue weighted by atomic mass is 10.1. The maximum absolute atomic E-state index is 12.8. The van der Waals surface area contributed by atoms with Crippen LogP contribution in [0.15, 0.2) is 24.3 Å². The molecule has 1 aliphatic heterocycles. The first kappa shape index (κ1) is 13.3. The maximum Gasteiger partial charge on any atom is 0.241 e. The zero-order valence-corrected chi connectivity index (χ0v) is 12.8. The molecule has 0 radical (unpaired) electrons. The largest absolute Gasteiger partial charge is 0.311 e. The Hall–Kier alpha value is -1.35. The summed E-state index contributed by atoms with van der Waals surface area (Å²) in [5, 5.41) is 0. The molecule has 112 valence electrons. The molecule has 1 aromatic carbocycles. The molecule has 0 spiro atoms. The van der Waals surface area contributed by atoms with Crippen molar-refractivity contribution in [2.45, 2.75) is 51.1 Å². The minimum atomic E-state index is 0.291. The summed E-state index contributed by atoms with van der Waals surface area (Å²) in [4.78, 5) is 17.3. The van der Waals surface area contributed by atoms with Crippen LogP contribution in [0.1, 0.15) is 38.2 Å². The van der Waals surface area contributed by atoms with Gasteiger partial charge in [0, 0.05) is 24.3 Å². The summed E-state index contributed by atoms with van der Waals surface area (Å²) in [6.07, 6.45) is 6.27. The Labute approximate surface area is 126 Å². The van der Waals surface area contributed by atoms with E-state index in [4.69, 9.17) is 0 Å². The second-order valence-corrected chi connectivity index (χ2v) is 6.91. The van der Waals surface area contributed by atoms with Crippen LogP contribution >= 0.6 is 0 Å². The van der Waals surface area contributed by atoms with Gasteiger partial charge in [0.1, 0.15) is 0 Å². The lowest BCUT2D eigenvalue weighted by Gasteiger charge is -2.30. The molecule has 2 saturated carbocycles. The number of rotatable bonds is 5. The van der Waals surface area contributed by atoms with Crippen molar-refractivity contribution in [1.29, 1.82) is 0 Å². The first-order chi connectivity index (χ1) is 10.2. The van der Waals surface area contributed by atoms with Crippen LogP contribution < -0.4 is 4.90 Å². The van der Waals surface area contributed by atoms with Crippen LogP contribution in [0.5, 0.6) is 0 Å². The van der Waals surface area contributed by atoms with Crippen molar-refractivity contribution in [2.75, 3.05) is 18.0 Å². The topological polar surface area (TPSA) is 23.6 Å². The van der Waals surface area contributed by atoms with Crippen molar-refractivity contribution >= 4 is 11.6 Å². The molecule has 3 heteroatoms. The zero-order valence-electron chi connectivity index (χ0n) is 12.8. The predicted octanol–water partition coefficient (Wildman–Crippen LogP) is 2.84. The Bertz CT molecular complexity index is 548. The highest BCUT2D eigenvalue weighted by Gasteiger charge is 2.40. The Morgan fingerprint density at radius 3 is 2.76 bits per heavy atom. The highest BCUT2D eigenvalue weighted by atomic mass is 16.2. The van der Waals surface area contributed by atoms with E-state index < -0.39 is 0 Å². The van der Waals surface area contributed by atoms with E-state index in [0.717, 1.165) is 24.6 Å². The van der Waals surface area contributed by atoms with Gasteiger partial charge >= 0.3 is 0 Å². The van der Waals surface area contributed by atoms with Crippen LogP contribution in [-0.2, 0) is 11.2 Å². The van der Waals surface area contributed by atoms with Crippen LogP contribution in [-0.4, -0.2) is 36.0 Å². The average molecular weight is 284 g/mol. The van der Waals surface area contributed by atoms with Crippen molar-refractivity contribution in [2.24, 2.45) is 5.92 Å². The van der Waals surface area contributed by atoms with Crippen molar-refractivity contribution in [1.82, 2.24) is 4.90 Å². The molecule has 0 N–H and O–H groups in total. The molecular weight excluding hydrogens is 260 g/mol. The number of hydrogen-bond donors (Lipinski definition) is 0. The molecule has 2 aliphatic carbocycles. The van der Waals surface area contributed by atoms with Crippen LogP contribution in [0.25, 0.3) is 0 Å². The first-order valence-corrected chi connectivity index (χ1v) is 8.38. The van der Waals surface area contributed by atoms with E-state index in [1.165, 1.54) is 31.2 Å². The van der Waals surface area contributed by atoms with Crippen LogP contribution in [0.4, 0.5) is 5.69 Å². The third-order valence-electron chi connectivity index (χ3n) is 5.35. The molecule has 2 fully saturated rings. The third-order valence-corrected chi connectivity index (χ3v) is 5.35. The molecule has 1 aromatic rings. The maximum atomic E-state index is 12.8. The highest BCUT2D eigenvalue weighted by Crippen LogP contribution is 2.39. The summed E-state index contributed by atoms with van der Waals surface area (Å²) in [6.45, 7) is 3.78. The summed E-state index contributed by atoms with van der Waals surface area (Å²) >= 11 is 0. The highest BCUT2D eigenvalue weighted by molar-refractivity contribution is 5.96. The molecule has 3 aliphatic rings. The van der Waals surface area contributed by atoms with Gasteiger partial charge in [-0.3, -0.25) is 9.69 Å². The summed E-state index contributed by atoms with van der Waals surface area (Å²) in [6, 6.07) is 9.59. The minimum Gasteiger partial charge on any atom is -0.311 e. The number of benzene rings is 1. The fraction of sp³-hybridized carbons (Fsp3) is 0.611. The molecule has 1 unspecified atom stereocenters. The van der Waals surface area contributed by atoms with E-state index in [9.17, 15) is 4.79 Å². The smallest absolute Gasteiger partial charge is 0.241 e. The quantitative estimate of drug-likeness (QED) is 0.830. The second-order valence-electron chi connectivity index (χ2n) is 6.91. The third kappa shape index (κ3) is 2.59. The predicted molar refractivity (Wildman–Crippen MR) is 84.4 cm³/mol. The molecule has 0 bridgehead atoms. The van der Waals surface area contributed by atoms with Crippen molar-refractivity contribution in [3.8, 4) is 0 Å². The Morgan fingerprint density at radius 1 is 1.29 bits per heavy atom. The number of fused-ring (bicyclic) bond motifs is 1. The summed E-state index contributed by atoms with van der Waals surface area (Å²) in [5.41, 5.74) is 2.45. The Morgan fingerprint density at radius 2 is 2.05 bits per heavy atom. The second kappa shape index (κ2) is 5.13. The number of anilines is 1. The van der Waals surface area contributed by atoms with E-state index in [1.807, 2.05) is 11.0 Å². The van der Waals surface area contributed by atoms with Gasteiger partial charge in [-0.1, -0.05) is 18.2 Å². The molecule has 21 heavy (non-hydrogen) atoms. The molecular formula is C18H24N2O. The van der Waals surface area contributed by atoms with Gasteiger partial charge in [-0.2, -0.15) is 0 Å². The van der Waals surface area contributed by atoms with Gasteiger partial charge in [0.15, 0.2) is 0 Å². The van der Waals surface area contributed by atoms with E-state index in [-0.39, 0.29) is 0 Å². The fourth-order valence-corrected chi connectivity index (χ4v) is 3.70. The van der Waals surface area contributed by atoms with Crippen LogP contribution in [0, 0.1) is 5.92 Å². The molecule has 1 heterocycles. The van der Waals surface area contributed by atoms with Gasteiger partial charge in [0.25, 0.3) is 0 Å². The SMILES string of the molecule is CC(C1CC1)N(CC(=O)N1CCc2ccccc21)C1CC1. The average Bonchev–Trinajstić information content (AvgIpc) is 3.39. The standard InChI is InChI=1S/C18H24N2O/c1-13(14-6-7-14)20(16-8-9-16)12-18(21)19-11-10-15-4-2-3-5-17(15)19/h2-5,13-14,16H,6-12H2,1H3.